The minimum atomic E-state index is -3.72. The van der Waals surface area contributed by atoms with Crippen molar-refractivity contribution in [3.05, 3.63) is 59.9 Å². The van der Waals surface area contributed by atoms with E-state index in [1.807, 2.05) is 0 Å². The van der Waals surface area contributed by atoms with Gasteiger partial charge in [-0.25, -0.2) is 17.5 Å². The van der Waals surface area contributed by atoms with Crippen molar-refractivity contribution in [2.75, 3.05) is 11.9 Å². The summed E-state index contributed by atoms with van der Waals surface area (Å²) in [5.41, 5.74) is 0.682. The van der Waals surface area contributed by atoms with Crippen LogP contribution >= 0.6 is 0 Å². The number of amides is 1. The maximum atomic E-state index is 13.5. The quantitative estimate of drug-likeness (QED) is 0.653. The number of carbonyl (C=O) groups excluding carboxylic acids is 2. The average molecular weight is 408 g/mol. The van der Waals surface area contributed by atoms with Crippen LogP contribution in [0.2, 0.25) is 0 Å². The van der Waals surface area contributed by atoms with Crippen molar-refractivity contribution >= 4 is 27.6 Å². The van der Waals surface area contributed by atoms with Gasteiger partial charge in [-0.3, -0.25) is 9.59 Å². The molecule has 150 valence electrons. The summed E-state index contributed by atoms with van der Waals surface area (Å²) in [4.78, 5) is 24.0. The molecule has 0 aliphatic rings. The third-order valence-electron chi connectivity index (χ3n) is 3.79. The van der Waals surface area contributed by atoms with E-state index in [2.05, 4.69) is 10.0 Å². The number of benzene rings is 2. The first-order valence-corrected chi connectivity index (χ1v) is 9.98. The number of carbonyl (C=O) groups is 2. The molecule has 0 spiro atoms. The zero-order valence-corrected chi connectivity index (χ0v) is 16.3. The molecule has 7 nitrogen and oxygen atoms in total. The highest BCUT2D eigenvalue weighted by Gasteiger charge is 2.19. The maximum absolute atomic E-state index is 13.5. The summed E-state index contributed by atoms with van der Waals surface area (Å²) in [5, 5.41) is 2.45. The highest BCUT2D eigenvalue weighted by molar-refractivity contribution is 7.89. The maximum Gasteiger partial charge on any atom is 0.307 e. The Morgan fingerprint density at radius 3 is 2.46 bits per heavy atom. The van der Waals surface area contributed by atoms with Gasteiger partial charge in [0.2, 0.25) is 10.0 Å². The summed E-state index contributed by atoms with van der Waals surface area (Å²) in [6.07, 6.45) is -1.37. The minimum absolute atomic E-state index is 0.0847. The van der Waals surface area contributed by atoms with E-state index in [9.17, 15) is 22.4 Å². The minimum Gasteiger partial charge on any atom is -0.452 e. The molecule has 0 fully saturated rings. The first kappa shape index (κ1) is 21.5. The summed E-state index contributed by atoms with van der Waals surface area (Å²) in [7, 11) is -3.72. The zero-order chi connectivity index (χ0) is 20.7. The second-order valence-corrected chi connectivity index (χ2v) is 7.81. The predicted octanol–water partition coefficient (Wildman–Crippen LogP) is 2.37. The Labute approximate surface area is 163 Å². The molecule has 0 unspecified atom stereocenters. The van der Waals surface area contributed by atoms with Gasteiger partial charge >= 0.3 is 5.97 Å². The van der Waals surface area contributed by atoms with Crippen molar-refractivity contribution < 1.29 is 27.1 Å². The predicted molar refractivity (Wildman–Crippen MR) is 102 cm³/mol. The molecule has 0 radical (unpaired) electrons. The summed E-state index contributed by atoms with van der Waals surface area (Å²) in [5.74, 6) is -1.83. The molecule has 2 aromatic carbocycles. The van der Waals surface area contributed by atoms with Gasteiger partial charge in [0, 0.05) is 12.2 Å². The topological polar surface area (TPSA) is 102 Å². The average Bonchev–Trinajstić information content (AvgIpc) is 2.65. The molecule has 0 aliphatic heterocycles. The molecular formula is C19H21FN2O5S. The summed E-state index contributed by atoms with van der Waals surface area (Å²) in [6, 6.07) is 11.9. The Morgan fingerprint density at radius 2 is 1.82 bits per heavy atom. The molecular weight excluding hydrogens is 387 g/mol. The van der Waals surface area contributed by atoms with Gasteiger partial charge in [-0.15, -0.1) is 0 Å². The molecule has 28 heavy (non-hydrogen) atoms. The number of aryl methyl sites for hydroxylation is 1. The molecule has 2 N–H and O–H groups in total. The number of ether oxygens (including phenoxy) is 1. The van der Waals surface area contributed by atoms with Crippen LogP contribution in [0.1, 0.15) is 18.9 Å². The van der Waals surface area contributed by atoms with Crippen LogP contribution in [0.5, 0.6) is 0 Å². The molecule has 0 aliphatic carbocycles. The summed E-state index contributed by atoms with van der Waals surface area (Å²) >= 11 is 0. The Bertz CT molecular complexity index is 948. The fraction of sp³-hybridized carbons (Fsp3) is 0.263. The van der Waals surface area contributed by atoms with Gasteiger partial charge in [-0.05, 0) is 43.7 Å². The van der Waals surface area contributed by atoms with Crippen molar-refractivity contribution in [2.45, 2.75) is 31.3 Å². The van der Waals surface area contributed by atoms with Crippen LogP contribution in [0, 0.1) is 12.7 Å². The SMILES string of the molecule is Cc1ccc(NC(=O)[C@H](C)OC(=O)CCNS(=O)(=O)c2ccccc2)cc1F. The number of halogens is 1. The van der Waals surface area contributed by atoms with Crippen LogP contribution in [-0.2, 0) is 24.3 Å². The van der Waals surface area contributed by atoms with Gasteiger partial charge in [-0.2, -0.15) is 0 Å². The monoisotopic (exact) mass is 408 g/mol. The third-order valence-corrected chi connectivity index (χ3v) is 5.27. The number of hydrogen-bond donors (Lipinski definition) is 2. The first-order chi connectivity index (χ1) is 13.2. The van der Waals surface area contributed by atoms with Gasteiger partial charge in [0.05, 0.1) is 11.3 Å². The highest BCUT2D eigenvalue weighted by Crippen LogP contribution is 2.14. The van der Waals surface area contributed by atoms with Crippen LogP contribution in [0.3, 0.4) is 0 Å². The standard InChI is InChI=1S/C19H21FN2O5S/c1-13-8-9-15(12-17(13)20)22-19(24)14(2)27-18(23)10-11-21-28(25,26)16-6-4-3-5-7-16/h3-9,12,14,21H,10-11H2,1-2H3,(H,22,24)/t14-/m0/s1. The van der Waals surface area contributed by atoms with E-state index in [4.69, 9.17) is 4.74 Å². The number of anilines is 1. The number of sulfonamides is 1. The third kappa shape index (κ3) is 6.14. The van der Waals surface area contributed by atoms with E-state index in [0.29, 0.717) is 5.56 Å². The molecule has 2 rings (SSSR count). The second-order valence-electron chi connectivity index (χ2n) is 6.05. The number of hydrogen-bond acceptors (Lipinski definition) is 5. The Morgan fingerprint density at radius 1 is 1.14 bits per heavy atom. The van der Waals surface area contributed by atoms with E-state index in [0.717, 1.165) is 0 Å². The molecule has 1 atom stereocenters. The number of nitrogens with one attached hydrogen (secondary N) is 2. The fourth-order valence-electron chi connectivity index (χ4n) is 2.19. The van der Waals surface area contributed by atoms with E-state index >= 15 is 0 Å². The fourth-order valence-corrected chi connectivity index (χ4v) is 3.25. The lowest BCUT2D eigenvalue weighted by atomic mass is 10.2. The molecule has 0 heterocycles. The molecule has 0 saturated heterocycles. The van der Waals surface area contributed by atoms with Crippen LogP contribution in [-0.4, -0.2) is 32.9 Å². The molecule has 0 saturated carbocycles. The zero-order valence-electron chi connectivity index (χ0n) is 15.4. The Hall–Kier alpha value is -2.78. The molecule has 9 heteroatoms. The van der Waals surface area contributed by atoms with Crippen LogP contribution in [0.25, 0.3) is 0 Å². The van der Waals surface area contributed by atoms with Gasteiger partial charge in [0.15, 0.2) is 6.10 Å². The van der Waals surface area contributed by atoms with E-state index in [-0.39, 0.29) is 23.5 Å². The van der Waals surface area contributed by atoms with Crippen molar-refractivity contribution in [3.8, 4) is 0 Å². The molecule has 2 aromatic rings. The van der Waals surface area contributed by atoms with Crippen molar-refractivity contribution in [2.24, 2.45) is 0 Å². The van der Waals surface area contributed by atoms with Crippen LogP contribution in [0.15, 0.2) is 53.4 Å². The second kappa shape index (κ2) is 9.43. The van der Waals surface area contributed by atoms with Gasteiger partial charge in [0.1, 0.15) is 5.82 Å². The van der Waals surface area contributed by atoms with Crippen LogP contribution < -0.4 is 10.0 Å². The van der Waals surface area contributed by atoms with Crippen molar-refractivity contribution in [3.63, 3.8) is 0 Å². The van der Waals surface area contributed by atoms with Crippen LogP contribution in [0.4, 0.5) is 10.1 Å². The van der Waals surface area contributed by atoms with E-state index < -0.39 is 33.8 Å². The molecule has 0 bridgehead atoms. The van der Waals surface area contributed by atoms with Gasteiger partial charge in [-0.1, -0.05) is 24.3 Å². The van der Waals surface area contributed by atoms with Crippen molar-refractivity contribution in [1.29, 1.82) is 0 Å². The van der Waals surface area contributed by atoms with Gasteiger partial charge in [0.25, 0.3) is 5.91 Å². The summed E-state index contributed by atoms with van der Waals surface area (Å²) in [6.45, 7) is 2.79. The largest absolute Gasteiger partial charge is 0.452 e. The highest BCUT2D eigenvalue weighted by atomic mass is 32.2. The lowest BCUT2D eigenvalue weighted by Gasteiger charge is -2.14. The van der Waals surface area contributed by atoms with E-state index in [1.165, 1.54) is 37.3 Å². The number of rotatable bonds is 8. The van der Waals surface area contributed by atoms with Gasteiger partial charge < -0.3 is 10.1 Å². The van der Waals surface area contributed by atoms with Crippen molar-refractivity contribution in [1.82, 2.24) is 4.72 Å². The Balaban J connectivity index is 1.80. The lowest BCUT2D eigenvalue weighted by Crippen LogP contribution is -2.32. The number of esters is 1. The van der Waals surface area contributed by atoms with E-state index in [1.54, 1.807) is 25.1 Å². The summed E-state index contributed by atoms with van der Waals surface area (Å²) < 4.78 is 44.9. The molecule has 0 aromatic heterocycles. The normalized spacial score (nSPS) is 12.2. The Kier molecular flexibility index (Phi) is 7.24. The molecule has 1 amide bonds. The lowest BCUT2D eigenvalue weighted by molar-refractivity contribution is -0.152. The first-order valence-electron chi connectivity index (χ1n) is 8.50. The smallest absolute Gasteiger partial charge is 0.307 e.